The Bertz CT molecular complexity index is 383. The highest BCUT2D eigenvalue weighted by atomic mass is 32.1. The molecule has 0 saturated carbocycles. The topological polar surface area (TPSA) is 57.6 Å². The summed E-state index contributed by atoms with van der Waals surface area (Å²) in [7, 11) is 2.73. The lowest BCUT2D eigenvalue weighted by atomic mass is 10.1. The molecule has 0 fully saturated rings. The molecular weight excluding hydrogens is 274 g/mol. The summed E-state index contributed by atoms with van der Waals surface area (Å²) in [5.41, 5.74) is 0.893. The molecule has 0 radical (unpaired) electrons. The number of thiol groups is 1. The monoisotopic (exact) mass is 299 g/mol. The van der Waals surface area contributed by atoms with E-state index in [9.17, 15) is 9.59 Å². The highest BCUT2D eigenvalue weighted by Crippen LogP contribution is 2.09. The third-order valence-electron chi connectivity index (χ3n) is 2.32. The van der Waals surface area contributed by atoms with Gasteiger partial charge >= 0.3 is 0 Å². The first-order valence-electron chi connectivity index (χ1n) is 6.56. The second-order valence-electron chi connectivity index (χ2n) is 3.51. The average molecular weight is 299 g/mol. The molecule has 0 spiro atoms. The van der Waals surface area contributed by atoms with E-state index in [1.54, 1.807) is 36.2 Å². The van der Waals surface area contributed by atoms with Gasteiger partial charge in [-0.15, -0.1) is 0 Å². The van der Waals surface area contributed by atoms with Crippen molar-refractivity contribution in [3.63, 3.8) is 0 Å². The molecule has 4 nitrogen and oxygen atoms in total. The van der Waals surface area contributed by atoms with E-state index in [1.807, 2.05) is 13.8 Å². The lowest BCUT2D eigenvalue weighted by Gasteiger charge is -2.17. The minimum absolute atomic E-state index is 0.121. The smallest absolute Gasteiger partial charge is 0.254 e. The van der Waals surface area contributed by atoms with Gasteiger partial charge in [0.05, 0.1) is 5.56 Å². The minimum Gasteiger partial charge on any atom is -0.400 e. The Hall–Kier alpha value is -1.33. The maximum Gasteiger partial charge on any atom is 0.254 e. The van der Waals surface area contributed by atoms with Crippen LogP contribution in [0.25, 0.3) is 0 Å². The first kappa shape index (κ1) is 21.0. The molecule has 1 N–H and O–H groups in total. The van der Waals surface area contributed by atoms with Crippen molar-refractivity contribution in [1.82, 2.24) is 4.90 Å². The van der Waals surface area contributed by atoms with E-state index in [1.165, 1.54) is 0 Å². The van der Waals surface area contributed by atoms with Gasteiger partial charge in [0, 0.05) is 26.3 Å². The van der Waals surface area contributed by atoms with E-state index in [2.05, 4.69) is 12.6 Å². The van der Waals surface area contributed by atoms with Gasteiger partial charge in [0.2, 0.25) is 0 Å². The van der Waals surface area contributed by atoms with Crippen LogP contribution in [0.4, 0.5) is 0 Å². The Morgan fingerprint density at radius 3 is 2.35 bits per heavy atom. The zero-order chi connectivity index (χ0) is 16.0. The summed E-state index contributed by atoms with van der Waals surface area (Å²) in [6.07, 6.45) is 1.55. The Morgan fingerprint density at radius 1 is 1.30 bits per heavy atom. The fraction of sp³-hybridized carbons (Fsp3) is 0.467. The fourth-order valence-electron chi connectivity index (χ4n) is 1.41. The molecule has 0 aliphatic rings. The van der Waals surface area contributed by atoms with Crippen LogP contribution in [-0.4, -0.2) is 48.7 Å². The van der Waals surface area contributed by atoms with E-state index in [0.29, 0.717) is 24.0 Å². The Balaban J connectivity index is 0. The van der Waals surface area contributed by atoms with Gasteiger partial charge in [0.25, 0.3) is 5.91 Å². The number of aliphatic hydroxyl groups excluding tert-OH is 1. The van der Waals surface area contributed by atoms with Crippen molar-refractivity contribution in [2.45, 2.75) is 20.3 Å². The largest absolute Gasteiger partial charge is 0.400 e. The second kappa shape index (κ2) is 14.1. The van der Waals surface area contributed by atoms with Crippen molar-refractivity contribution >= 4 is 24.8 Å². The van der Waals surface area contributed by atoms with Crippen molar-refractivity contribution < 1.29 is 14.7 Å². The Morgan fingerprint density at radius 2 is 1.85 bits per heavy atom. The van der Waals surface area contributed by atoms with E-state index < -0.39 is 0 Å². The molecule has 0 aliphatic heterocycles. The van der Waals surface area contributed by atoms with Gasteiger partial charge in [-0.1, -0.05) is 32.0 Å². The van der Waals surface area contributed by atoms with Crippen LogP contribution in [0.15, 0.2) is 24.3 Å². The molecule has 1 aromatic carbocycles. The number of rotatable bonds is 5. The summed E-state index contributed by atoms with van der Waals surface area (Å²) in [6, 6.07) is 6.82. The zero-order valence-electron chi connectivity index (χ0n) is 12.7. The van der Waals surface area contributed by atoms with Gasteiger partial charge < -0.3 is 10.0 Å². The van der Waals surface area contributed by atoms with Crippen LogP contribution in [0.3, 0.4) is 0 Å². The average Bonchev–Trinajstić information content (AvgIpc) is 2.55. The number of nitrogens with zero attached hydrogens (tertiary/aromatic N) is 1. The molecule has 0 atom stereocenters. The highest BCUT2D eigenvalue weighted by Gasteiger charge is 2.14. The van der Waals surface area contributed by atoms with E-state index in [-0.39, 0.29) is 5.91 Å². The number of hydrogen-bond donors (Lipinski definition) is 2. The van der Waals surface area contributed by atoms with Gasteiger partial charge in [0.15, 0.2) is 6.29 Å². The second-order valence-corrected chi connectivity index (χ2v) is 3.96. The van der Waals surface area contributed by atoms with Crippen LogP contribution in [0.2, 0.25) is 0 Å². The summed E-state index contributed by atoms with van der Waals surface area (Å²) in [5, 5.41) is 7.00. The maximum absolute atomic E-state index is 12.0. The van der Waals surface area contributed by atoms with Crippen LogP contribution in [0.5, 0.6) is 0 Å². The summed E-state index contributed by atoms with van der Waals surface area (Å²) in [4.78, 5) is 24.4. The Labute approximate surface area is 127 Å². The normalized spacial score (nSPS) is 8.50. The number of carbonyl (C=O) groups is 2. The lowest BCUT2D eigenvalue weighted by Crippen LogP contribution is -2.28. The van der Waals surface area contributed by atoms with Crippen molar-refractivity contribution in [2.24, 2.45) is 0 Å². The SMILES string of the molecule is CC.CN(CCCS)C(=O)c1ccccc1C=O.CO. The molecule has 20 heavy (non-hydrogen) atoms. The van der Waals surface area contributed by atoms with Crippen LogP contribution >= 0.6 is 12.6 Å². The van der Waals surface area contributed by atoms with Crippen molar-refractivity contribution in [1.29, 1.82) is 0 Å². The van der Waals surface area contributed by atoms with E-state index >= 15 is 0 Å². The van der Waals surface area contributed by atoms with Crippen LogP contribution in [-0.2, 0) is 0 Å². The molecule has 1 aromatic rings. The highest BCUT2D eigenvalue weighted by molar-refractivity contribution is 7.80. The third kappa shape index (κ3) is 7.31. The molecule has 1 rings (SSSR count). The summed E-state index contributed by atoms with van der Waals surface area (Å²) in [5.74, 6) is 0.622. The van der Waals surface area contributed by atoms with Crippen LogP contribution in [0, 0.1) is 0 Å². The van der Waals surface area contributed by atoms with Gasteiger partial charge in [-0.3, -0.25) is 9.59 Å². The lowest BCUT2D eigenvalue weighted by molar-refractivity contribution is 0.0792. The van der Waals surface area contributed by atoms with E-state index in [4.69, 9.17) is 5.11 Å². The summed E-state index contributed by atoms with van der Waals surface area (Å²) in [6.45, 7) is 4.65. The molecule has 1 amide bonds. The minimum atomic E-state index is -0.121. The molecule has 0 aliphatic carbocycles. The van der Waals surface area contributed by atoms with E-state index in [0.717, 1.165) is 19.3 Å². The first-order valence-corrected chi connectivity index (χ1v) is 7.19. The van der Waals surface area contributed by atoms with Crippen molar-refractivity contribution in [3.8, 4) is 0 Å². The fourth-order valence-corrected chi connectivity index (χ4v) is 1.55. The van der Waals surface area contributed by atoms with Crippen LogP contribution in [0.1, 0.15) is 41.0 Å². The molecule has 0 saturated heterocycles. The number of aliphatic hydroxyl groups is 1. The van der Waals surface area contributed by atoms with Gasteiger partial charge in [0.1, 0.15) is 0 Å². The predicted molar refractivity (Wildman–Crippen MR) is 86.8 cm³/mol. The third-order valence-corrected chi connectivity index (χ3v) is 2.63. The zero-order valence-corrected chi connectivity index (χ0v) is 13.6. The molecule has 0 bridgehead atoms. The number of hydrogen-bond acceptors (Lipinski definition) is 4. The number of carbonyl (C=O) groups excluding carboxylic acids is 2. The molecule has 5 heteroatoms. The van der Waals surface area contributed by atoms with Crippen molar-refractivity contribution in [3.05, 3.63) is 35.4 Å². The first-order chi connectivity index (χ1) is 9.70. The predicted octanol–water partition coefficient (Wildman–Crippen LogP) is 2.53. The summed E-state index contributed by atoms with van der Waals surface area (Å²) < 4.78 is 0. The standard InChI is InChI=1S/C12H15NO2S.C2H6.CH4O/c1-13(7-4-8-16)12(15)11-6-3-2-5-10(11)9-14;2*1-2/h2-3,5-6,9,16H,4,7-8H2,1H3;1-2H3;2H,1H3. The molecular formula is C15H25NO3S. The van der Waals surface area contributed by atoms with Gasteiger partial charge in [-0.25, -0.2) is 0 Å². The molecule has 0 unspecified atom stereocenters. The molecule has 114 valence electrons. The quantitative estimate of drug-likeness (QED) is 0.649. The van der Waals surface area contributed by atoms with Crippen molar-refractivity contribution in [2.75, 3.05) is 26.5 Å². The van der Waals surface area contributed by atoms with Crippen LogP contribution < -0.4 is 0 Å². The number of benzene rings is 1. The Kier molecular flexibility index (Phi) is 14.8. The molecule has 0 aromatic heterocycles. The summed E-state index contributed by atoms with van der Waals surface area (Å²) >= 11 is 4.10. The molecule has 0 heterocycles. The number of aldehydes is 1. The maximum atomic E-state index is 12.0. The van der Waals surface area contributed by atoms with Gasteiger partial charge in [-0.05, 0) is 18.2 Å². The number of amides is 1. The van der Waals surface area contributed by atoms with Gasteiger partial charge in [-0.2, -0.15) is 12.6 Å².